The summed E-state index contributed by atoms with van der Waals surface area (Å²) in [4.78, 5) is 19.1. The van der Waals surface area contributed by atoms with Crippen molar-refractivity contribution < 1.29 is 9.90 Å². The van der Waals surface area contributed by atoms with Crippen molar-refractivity contribution in [2.75, 3.05) is 0 Å². The summed E-state index contributed by atoms with van der Waals surface area (Å²) in [6.45, 7) is 1.77. The molecule has 82 valence electrons. The van der Waals surface area contributed by atoms with Crippen molar-refractivity contribution in [2.45, 2.75) is 6.92 Å². The van der Waals surface area contributed by atoms with E-state index in [1.807, 2.05) is 6.07 Å². The molecule has 0 amide bonds. The van der Waals surface area contributed by atoms with Crippen molar-refractivity contribution in [3.63, 3.8) is 0 Å². The number of rotatable bonds is 2. The van der Waals surface area contributed by atoms with E-state index in [-0.39, 0.29) is 5.69 Å². The Kier molecular flexibility index (Phi) is 2.44. The van der Waals surface area contributed by atoms with Gasteiger partial charge in [0.25, 0.3) is 0 Å². The second kappa shape index (κ2) is 3.77. The molecule has 5 nitrogen and oxygen atoms in total. The molecule has 2 aromatic heterocycles. The fourth-order valence-electron chi connectivity index (χ4n) is 1.59. The number of pyridine rings is 1. The van der Waals surface area contributed by atoms with Gasteiger partial charge >= 0.3 is 5.97 Å². The van der Waals surface area contributed by atoms with Crippen LogP contribution in [0.3, 0.4) is 0 Å². The van der Waals surface area contributed by atoms with Crippen molar-refractivity contribution >= 4 is 5.97 Å². The van der Waals surface area contributed by atoms with Crippen molar-refractivity contribution in [1.82, 2.24) is 14.5 Å². The highest BCUT2D eigenvalue weighted by Gasteiger charge is 2.19. The van der Waals surface area contributed by atoms with Gasteiger partial charge < -0.3 is 9.67 Å². The molecule has 0 aliphatic carbocycles. The van der Waals surface area contributed by atoms with Crippen LogP contribution in [0.4, 0.5) is 0 Å². The molecule has 0 unspecified atom stereocenters. The number of aromatic nitrogens is 3. The van der Waals surface area contributed by atoms with Crippen LogP contribution in [0.5, 0.6) is 0 Å². The predicted octanol–water partition coefficient (Wildman–Crippen LogP) is 1.49. The van der Waals surface area contributed by atoms with Gasteiger partial charge in [0.2, 0.25) is 0 Å². The van der Waals surface area contributed by atoms with Crippen LogP contribution in [0.1, 0.15) is 16.3 Å². The summed E-state index contributed by atoms with van der Waals surface area (Å²) in [6, 6.07) is 3.58. The van der Waals surface area contributed by atoms with E-state index in [9.17, 15) is 4.79 Å². The number of nitrogens with zero attached hydrogens (tertiary/aromatic N) is 3. The molecule has 0 aliphatic rings. The molecule has 0 radical (unpaired) electrons. The zero-order chi connectivity index (χ0) is 11.7. The molecule has 0 atom stereocenters. The minimum Gasteiger partial charge on any atom is -0.476 e. The van der Waals surface area contributed by atoms with Gasteiger partial charge in [-0.3, -0.25) is 4.98 Å². The lowest BCUT2D eigenvalue weighted by atomic mass is 10.1. The lowest BCUT2D eigenvalue weighted by molar-refractivity contribution is 0.0692. The van der Waals surface area contributed by atoms with Crippen LogP contribution in [-0.4, -0.2) is 25.6 Å². The highest BCUT2D eigenvalue weighted by Crippen LogP contribution is 2.23. The second-order valence-electron chi connectivity index (χ2n) is 3.46. The summed E-state index contributed by atoms with van der Waals surface area (Å²) >= 11 is 0. The van der Waals surface area contributed by atoms with Gasteiger partial charge in [-0.1, -0.05) is 0 Å². The Labute approximate surface area is 92.4 Å². The SMILES string of the molecule is Cc1nc(C(=O)O)c(-c2cccnc2)n1C. The Morgan fingerprint density at radius 3 is 2.81 bits per heavy atom. The van der Waals surface area contributed by atoms with E-state index in [2.05, 4.69) is 9.97 Å². The van der Waals surface area contributed by atoms with Crippen molar-refractivity contribution in [3.8, 4) is 11.3 Å². The molecule has 0 aromatic carbocycles. The van der Waals surface area contributed by atoms with Crippen LogP contribution in [0.25, 0.3) is 11.3 Å². The van der Waals surface area contributed by atoms with Crippen molar-refractivity contribution in [1.29, 1.82) is 0 Å². The molecular formula is C11H11N3O2. The average Bonchev–Trinajstić information content (AvgIpc) is 2.57. The Morgan fingerprint density at radius 1 is 1.50 bits per heavy atom. The Morgan fingerprint density at radius 2 is 2.25 bits per heavy atom. The first kappa shape index (κ1) is 10.4. The first-order chi connectivity index (χ1) is 7.61. The van der Waals surface area contributed by atoms with Crippen molar-refractivity contribution in [3.05, 3.63) is 36.0 Å². The molecule has 0 aliphatic heterocycles. The van der Waals surface area contributed by atoms with Gasteiger partial charge in [-0.2, -0.15) is 0 Å². The van der Waals surface area contributed by atoms with Crippen LogP contribution in [0.2, 0.25) is 0 Å². The van der Waals surface area contributed by atoms with Crippen LogP contribution in [0, 0.1) is 6.92 Å². The normalized spacial score (nSPS) is 10.4. The summed E-state index contributed by atoms with van der Waals surface area (Å²) in [6.07, 6.45) is 3.27. The fourth-order valence-corrected chi connectivity index (χ4v) is 1.59. The smallest absolute Gasteiger partial charge is 0.356 e. The molecule has 5 heteroatoms. The minimum absolute atomic E-state index is 0.0630. The van der Waals surface area contributed by atoms with Crippen LogP contribution in [0.15, 0.2) is 24.5 Å². The molecule has 2 heterocycles. The van der Waals surface area contributed by atoms with Gasteiger partial charge in [0, 0.05) is 25.0 Å². The van der Waals surface area contributed by atoms with Gasteiger partial charge in [0.1, 0.15) is 5.82 Å². The summed E-state index contributed by atoms with van der Waals surface area (Å²) in [7, 11) is 1.79. The largest absolute Gasteiger partial charge is 0.476 e. The highest BCUT2D eigenvalue weighted by atomic mass is 16.4. The lowest BCUT2D eigenvalue weighted by Crippen LogP contribution is -2.01. The monoisotopic (exact) mass is 217 g/mol. The Hall–Kier alpha value is -2.17. The number of carboxylic acid groups (broad SMARTS) is 1. The third-order valence-electron chi connectivity index (χ3n) is 2.46. The second-order valence-corrected chi connectivity index (χ2v) is 3.46. The molecule has 16 heavy (non-hydrogen) atoms. The Bertz CT molecular complexity index is 532. The predicted molar refractivity (Wildman–Crippen MR) is 58.1 cm³/mol. The van der Waals surface area contributed by atoms with E-state index >= 15 is 0 Å². The summed E-state index contributed by atoms with van der Waals surface area (Å²) < 4.78 is 1.75. The maximum absolute atomic E-state index is 11.1. The molecule has 1 N–H and O–H groups in total. The average molecular weight is 217 g/mol. The molecule has 2 rings (SSSR count). The molecule has 0 spiro atoms. The van der Waals surface area contributed by atoms with Gasteiger partial charge in [-0.25, -0.2) is 9.78 Å². The molecule has 0 saturated carbocycles. The van der Waals surface area contributed by atoms with E-state index in [1.54, 1.807) is 37.0 Å². The van der Waals surface area contributed by atoms with Crippen LogP contribution >= 0.6 is 0 Å². The van der Waals surface area contributed by atoms with E-state index < -0.39 is 5.97 Å². The number of carboxylic acids is 1. The molecule has 2 aromatic rings. The number of hydrogen-bond donors (Lipinski definition) is 1. The lowest BCUT2D eigenvalue weighted by Gasteiger charge is -2.03. The first-order valence-electron chi connectivity index (χ1n) is 4.78. The standard InChI is InChI=1S/C11H11N3O2/c1-7-13-9(11(15)16)10(14(7)2)8-4-3-5-12-6-8/h3-6H,1-2H3,(H,15,16). The quantitative estimate of drug-likeness (QED) is 0.827. The third kappa shape index (κ3) is 1.56. The molecule has 0 saturated heterocycles. The van der Waals surface area contributed by atoms with Crippen LogP contribution in [-0.2, 0) is 7.05 Å². The van der Waals surface area contributed by atoms with Crippen LogP contribution < -0.4 is 0 Å². The van der Waals surface area contributed by atoms with E-state index in [1.165, 1.54) is 0 Å². The third-order valence-corrected chi connectivity index (χ3v) is 2.46. The topological polar surface area (TPSA) is 68.0 Å². The maximum atomic E-state index is 11.1. The number of imidazole rings is 1. The molecule has 0 fully saturated rings. The van der Waals surface area contributed by atoms with Crippen molar-refractivity contribution in [2.24, 2.45) is 7.05 Å². The summed E-state index contributed by atoms with van der Waals surface area (Å²) in [5.74, 6) is -0.362. The molecular weight excluding hydrogens is 206 g/mol. The fraction of sp³-hybridized carbons (Fsp3) is 0.182. The van der Waals surface area contributed by atoms with Gasteiger partial charge in [0.15, 0.2) is 5.69 Å². The summed E-state index contributed by atoms with van der Waals surface area (Å²) in [5, 5.41) is 9.07. The number of aryl methyl sites for hydroxylation is 1. The zero-order valence-corrected chi connectivity index (χ0v) is 9.01. The highest BCUT2D eigenvalue weighted by molar-refractivity contribution is 5.93. The zero-order valence-electron chi connectivity index (χ0n) is 9.01. The maximum Gasteiger partial charge on any atom is 0.356 e. The van der Waals surface area contributed by atoms with Gasteiger partial charge in [-0.05, 0) is 19.1 Å². The number of hydrogen-bond acceptors (Lipinski definition) is 3. The number of aromatic carboxylic acids is 1. The molecule has 0 bridgehead atoms. The van der Waals surface area contributed by atoms with E-state index in [0.29, 0.717) is 11.5 Å². The Balaban J connectivity index is 2.68. The van der Waals surface area contributed by atoms with Gasteiger partial charge in [0.05, 0.1) is 5.69 Å². The first-order valence-corrected chi connectivity index (χ1v) is 4.78. The van der Waals surface area contributed by atoms with Gasteiger partial charge in [-0.15, -0.1) is 0 Å². The minimum atomic E-state index is -1.03. The number of carbonyl (C=O) groups is 1. The van der Waals surface area contributed by atoms with E-state index in [4.69, 9.17) is 5.11 Å². The summed E-state index contributed by atoms with van der Waals surface area (Å²) in [5.41, 5.74) is 1.40. The van der Waals surface area contributed by atoms with E-state index in [0.717, 1.165) is 5.56 Å².